The maximum atomic E-state index is 12.7. The monoisotopic (exact) mass is 410 g/mol. The summed E-state index contributed by atoms with van der Waals surface area (Å²) in [4.78, 5) is 43.0. The number of benzene rings is 1. The van der Waals surface area contributed by atoms with Crippen LogP contribution in [0.2, 0.25) is 0 Å². The highest BCUT2D eigenvalue weighted by Crippen LogP contribution is 2.22. The molecule has 0 bridgehead atoms. The molecule has 0 amide bonds. The number of rotatable bonds is 8. The summed E-state index contributed by atoms with van der Waals surface area (Å²) >= 11 is 0. The van der Waals surface area contributed by atoms with Gasteiger partial charge < -0.3 is 19.4 Å². The minimum Gasteiger partial charge on any atom is -0.465 e. The quantitative estimate of drug-likeness (QED) is 0.431. The van der Waals surface area contributed by atoms with E-state index in [1.165, 1.54) is 14.0 Å². The van der Waals surface area contributed by atoms with Crippen molar-refractivity contribution in [2.45, 2.75) is 46.1 Å². The van der Waals surface area contributed by atoms with E-state index in [2.05, 4.69) is 9.97 Å². The number of esters is 2. The molecule has 2 aromatic heterocycles. The lowest BCUT2D eigenvalue weighted by Gasteiger charge is -2.12. The van der Waals surface area contributed by atoms with Crippen molar-refractivity contribution in [1.82, 2.24) is 9.97 Å². The van der Waals surface area contributed by atoms with Crippen LogP contribution in [0, 0.1) is 13.8 Å². The molecule has 1 aromatic carbocycles. The molecule has 7 nitrogen and oxygen atoms in total. The molecular weight excluding hydrogens is 384 g/mol. The van der Waals surface area contributed by atoms with E-state index in [-0.39, 0.29) is 17.9 Å². The molecule has 0 spiro atoms. The average Bonchev–Trinajstić information content (AvgIpc) is 3.27. The normalized spacial score (nSPS) is 12.0. The highest BCUT2D eigenvalue weighted by Gasteiger charge is 2.27. The molecule has 2 N–H and O–H groups in total. The van der Waals surface area contributed by atoms with Gasteiger partial charge in [0.15, 0.2) is 6.10 Å². The SMILES string of the molecule is COC(=O)c1c(C)[nH]c(C(=O)[C@H](C)OC(=O)CCCc2c[nH]c3ccccc23)c1C. The molecular formula is C23H26N2O5. The highest BCUT2D eigenvalue weighted by molar-refractivity contribution is 6.03. The molecule has 0 aliphatic rings. The summed E-state index contributed by atoms with van der Waals surface area (Å²) in [5.41, 5.74) is 3.84. The molecule has 0 radical (unpaired) electrons. The molecule has 3 aromatic rings. The Balaban J connectivity index is 1.56. The van der Waals surface area contributed by atoms with Crippen LogP contribution >= 0.6 is 0 Å². The second-order valence-electron chi connectivity index (χ2n) is 7.33. The zero-order valence-electron chi connectivity index (χ0n) is 17.6. The zero-order valence-corrected chi connectivity index (χ0v) is 17.6. The number of aryl methyl sites for hydroxylation is 2. The summed E-state index contributed by atoms with van der Waals surface area (Å²) in [5, 5.41) is 1.15. The van der Waals surface area contributed by atoms with Gasteiger partial charge in [0.05, 0.1) is 18.4 Å². The lowest BCUT2D eigenvalue weighted by molar-refractivity contribution is -0.146. The molecule has 0 aliphatic heterocycles. The van der Waals surface area contributed by atoms with Gasteiger partial charge in [-0.1, -0.05) is 18.2 Å². The summed E-state index contributed by atoms with van der Waals surface area (Å²) < 4.78 is 10.1. The summed E-state index contributed by atoms with van der Waals surface area (Å²) in [6.07, 6.45) is 2.57. The largest absolute Gasteiger partial charge is 0.465 e. The number of aromatic nitrogens is 2. The molecule has 0 aliphatic carbocycles. The number of aromatic amines is 2. The molecule has 0 fully saturated rings. The van der Waals surface area contributed by atoms with Gasteiger partial charge in [0.2, 0.25) is 5.78 Å². The predicted octanol–water partition coefficient (Wildman–Crippen LogP) is 4.04. The number of carbonyl (C=O) groups excluding carboxylic acids is 3. The third kappa shape index (κ3) is 4.30. The molecule has 30 heavy (non-hydrogen) atoms. The minimum absolute atomic E-state index is 0.216. The number of para-hydroxylation sites is 1. The van der Waals surface area contributed by atoms with Crippen LogP contribution in [0.4, 0.5) is 0 Å². The first kappa shape index (κ1) is 21.4. The second kappa shape index (κ2) is 8.98. The van der Waals surface area contributed by atoms with Crippen LogP contribution in [-0.4, -0.2) is 40.9 Å². The maximum Gasteiger partial charge on any atom is 0.339 e. The van der Waals surface area contributed by atoms with Gasteiger partial charge in [-0.3, -0.25) is 9.59 Å². The van der Waals surface area contributed by atoms with Gasteiger partial charge in [-0.25, -0.2) is 4.79 Å². The Kier molecular flexibility index (Phi) is 6.40. The smallest absolute Gasteiger partial charge is 0.339 e. The van der Waals surface area contributed by atoms with Gasteiger partial charge in [0, 0.05) is 29.2 Å². The first-order valence-electron chi connectivity index (χ1n) is 9.89. The van der Waals surface area contributed by atoms with E-state index < -0.39 is 18.0 Å². The van der Waals surface area contributed by atoms with Crippen LogP contribution in [0.5, 0.6) is 0 Å². The van der Waals surface area contributed by atoms with Gasteiger partial charge in [-0.15, -0.1) is 0 Å². The van der Waals surface area contributed by atoms with E-state index >= 15 is 0 Å². The van der Waals surface area contributed by atoms with Gasteiger partial charge in [-0.05, 0) is 50.8 Å². The molecule has 0 saturated carbocycles. The van der Waals surface area contributed by atoms with Crippen LogP contribution in [0.15, 0.2) is 30.5 Å². The Labute approximate surface area is 174 Å². The standard InChI is InChI=1S/C23H26N2O5/c1-13-20(23(28)29-4)14(2)25-21(13)22(27)15(3)30-19(26)11-7-8-16-12-24-18-10-6-5-9-17(16)18/h5-6,9-10,12,15,24-25H,7-8,11H2,1-4H3/t15-/m0/s1. The molecule has 0 unspecified atom stereocenters. The lowest BCUT2D eigenvalue weighted by atomic mass is 10.1. The molecule has 158 valence electrons. The van der Waals surface area contributed by atoms with Crippen molar-refractivity contribution >= 4 is 28.6 Å². The van der Waals surface area contributed by atoms with Gasteiger partial charge >= 0.3 is 11.9 Å². The summed E-state index contributed by atoms with van der Waals surface area (Å²) in [6, 6.07) is 8.01. The topological polar surface area (TPSA) is 101 Å². The van der Waals surface area contributed by atoms with E-state index in [9.17, 15) is 14.4 Å². The van der Waals surface area contributed by atoms with Crippen molar-refractivity contribution in [2.24, 2.45) is 0 Å². The summed E-state index contributed by atoms with van der Waals surface area (Å²) in [6.45, 7) is 4.89. The number of Topliss-reactive ketones (excluding diaryl/α,β-unsaturated/α-hetero) is 1. The Morgan fingerprint density at radius 3 is 2.60 bits per heavy atom. The number of ether oxygens (including phenoxy) is 2. The third-order valence-electron chi connectivity index (χ3n) is 5.25. The number of ketones is 1. The average molecular weight is 410 g/mol. The van der Waals surface area contributed by atoms with E-state index in [1.807, 2.05) is 30.5 Å². The first-order valence-corrected chi connectivity index (χ1v) is 9.89. The lowest BCUT2D eigenvalue weighted by Crippen LogP contribution is -2.25. The van der Waals surface area contributed by atoms with E-state index in [0.29, 0.717) is 23.2 Å². The van der Waals surface area contributed by atoms with Crippen molar-refractivity contribution < 1.29 is 23.9 Å². The fraction of sp³-hybridized carbons (Fsp3) is 0.348. The Hall–Kier alpha value is -3.35. The number of nitrogens with one attached hydrogen (secondary N) is 2. The Morgan fingerprint density at radius 1 is 1.13 bits per heavy atom. The third-order valence-corrected chi connectivity index (χ3v) is 5.25. The van der Waals surface area contributed by atoms with Crippen molar-refractivity contribution in [3.05, 3.63) is 58.5 Å². The van der Waals surface area contributed by atoms with E-state index in [1.54, 1.807) is 13.8 Å². The van der Waals surface area contributed by atoms with Gasteiger partial charge in [0.1, 0.15) is 0 Å². The Bertz CT molecular complexity index is 1090. The van der Waals surface area contributed by atoms with Crippen molar-refractivity contribution in [3.63, 3.8) is 0 Å². The molecule has 1 atom stereocenters. The van der Waals surface area contributed by atoms with Gasteiger partial charge in [0.25, 0.3) is 0 Å². The van der Waals surface area contributed by atoms with Crippen LogP contribution in [0.25, 0.3) is 10.9 Å². The number of hydrogen-bond donors (Lipinski definition) is 2. The number of carbonyl (C=O) groups is 3. The van der Waals surface area contributed by atoms with Gasteiger partial charge in [-0.2, -0.15) is 0 Å². The van der Waals surface area contributed by atoms with Crippen LogP contribution in [0.1, 0.15) is 57.4 Å². The maximum absolute atomic E-state index is 12.7. The number of fused-ring (bicyclic) bond motifs is 1. The van der Waals surface area contributed by atoms with Crippen molar-refractivity contribution in [1.29, 1.82) is 0 Å². The van der Waals surface area contributed by atoms with Crippen LogP contribution in [0.3, 0.4) is 0 Å². The minimum atomic E-state index is -0.951. The van der Waals surface area contributed by atoms with Crippen LogP contribution < -0.4 is 0 Å². The molecule has 2 heterocycles. The Morgan fingerprint density at radius 2 is 1.87 bits per heavy atom. The predicted molar refractivity (Wildman–Crippen MR) is 113 cm³/mol. The van der Waals surface area contributed by atoms with Crippen molar-refractivity contribution in [3.8, 4) is 0 Å². The van der Waals surface area contributed by atoms with E-state index in [4.69, 9.17) is 9.47 Å². The zero-order chi connectivity index (χ0) is 21.8. The summed E-state index contributed by atoms with van der Waals surface area (Å²) in [7, 11) is 1.29. The van der Waals surface area contributed by atoms with Crippen LogP contribution in [-0.2, 0) is 20.7 Å². The fourth-order valence-electron chi connectivity index (χ4n) is 3.68. The second-order valence-corrected chi connectivity index (χ2v) is 7.33. The molecule has 7 heteroatoms. The molecule has 0 saturated heterocycles. The highest BCUT2D eigenvalue weighted by atomic mass is 16.5. The van der Waals surface area contributed by atoms with Crippen molar-refractivity contribution in [2.75, 3.05) is 7.11 Å². The molecule has 3 rings (SSSR count). The number of hydrogen-bond acceptors (Lipinski definition) is 5. The fourth-order valence-corrected chi connectivity index (χ4v) is 3.68. The first-order chi connectivity index (χ1) is 14.3. The number of methoxy groups -OCH3 is 1. The van der Waals surface area contributed by atoms with E-state index in [0.717, 1.165) is 22.9 Å². The summed E-state index contributed by atoms with van der Waals surface area (Å²) in [5.74, 6) is -1.32. The number of H-pyrrole nitrogens is 2.